The third-order valence-corrected chi connectivity index (χ3v) is 3.65. The van der Waals surface area contributed by atoms with E-state index >= 15 is 0 Å². The molecule has 2 unspecified atom stereocenters. The van der Waals surface area contributed by atoms with Crippen molar-refractivity contribution in [3.05, 3.63) is 0 Å². The largest absolute Gasteiger partial charge is 0.369 e. The van der Waals surface area contributed by atoms with Crippen LogP contribution >= 0.6 is 0 Å². The van der Waals surface area contributed by atoms with Gasteiger partial charge >= 0.3 is 0 Å². The average Bonchev–Trinajstić information content (AvgIpc) is 2.06. The van der Waals surface area contributed by atoms with Crippen molar-refractivity contribution in [3.8, 4) is 0 Å². The Hall–Kier alpha value is -0.0800. The summed E-state index contributed by atoms with van der Waals surface area (Å²) < 4.78 is 6.77. The van der Waals surface area contributed by atoms with Crippen LogP contribution in [-0.2, 0) is 4.74 Å². The molecular weight excluding hydrogens is 150 g/mol. The number of morpholine rings is 1. The quantitative estimate of drug-likeness (QED) is 0.575. The maximum absolute atomic E-state index is 5.54. The molecule has 0 bridgehead atoms. The minimum Gasteiger partial charge on any atom is -0.369 e. The predicted molar refractivity (Wildman–Crippen MR) is 51.1 cm³/mol. The Labute approximate surface area is 76.1 Å². The van der Waals surface area contributed by atoms with Gasteiger partial charge in [0.05, 0.1) is 26.3 Å². The van der Waals surface area contributed by atoms with Gasteiger partial charge in [-0.25, -0.2) is 0 Å². The van der Waals surface area contributed by atoms with Gasteiger partial charge in [-0.2, -0.15) is 0 Å². The third kappa shape index (κ3) is 1.38. The van der Waals surface area contributed by atoms with E-state index in [-0.39, 0.29) is 0 Å². The smallest absolute Gasteiger partial charge is 0.110 e. The van der Waals surface area contributed by atoms with Crippen molar-refractivity contribution in [1.82, 2.24) is 0 Å². The Morgan fingerprint density at radius 1 is 1.08 bits per heavy atom. The molecule has 1 aliphatic rings. The Balaban J connectivity index is 2.77. The van der Waals surface area contributed by atoms with Crippen LogP contribution in [0.1, 0.15) is 27.7 Å². The summed E-state index contributed by atoms with van der Waals surface area (Å²) in [5, 5.41) is 0. The van der Waals surface area contributed by atoms with Crippen molar-refractivity contribution in [2.75, 3.05) is 26.3 Å². The van der Waals surface area contributed by atoms with Gasteiger partial charge in [-0.1, -0.05) is 0 Å². The van der Waals surface area contributed by atoms with Gasteiger partial charge in [0, 0.05) is 0 Å². The van der Waals surface area contributed by atoms with Gasteiger partial charge in [0.25, 0.3) is 0 Å². The average molecular weight is 172 g/mol. The molecule has 0 spiro atoms. The molecule has 0 saturated carbocycles. The van der Waals surface area contributed by atoms with Gasteiger partial charge in [0.1, 0.15) is 12.1 Å². The number of likely N-dealkylation sites (N-methyl/N-ethyl adjacent to an activating group) is 1. The van der Waals surface area contributed by atoms with Crippen LogP contribution in [0.2, 0.25) is 0 Å². The molecule has 1 aliphatic heterocycles. The lowest BCUT2D eigenvalue weighted by Gasteiger charge is -2.49. The van der Waals surface area contributed by atoms with Crippen LogP contribution in [0.15, 0.2) is 0 Å². The van der Waals surface area contributed by atoms with Crippen molar-refractivity contribution in [1.29, 1.82) is 0 Å². The van der Waals surface area contributed by atoms with E-state index in [1.807, 2.05) is 0 Å². The molecule has 1 rings (SSSR count). The highest BCUT2D eigenvalue weighted by Crippen LogP contribution is 2.23. The zero-order valence-corrected chi connectivity index (χ0v) is 8.84. The summed E-state index contributed by atoms with van der Waals surface area (Å²) in [4.78, 5) is 0. The van der Waals surface area contributed by atoms with Gasteiger partial charge in [0.15, 0.2) is 0 Å². The number of hydrogen-bond acceptors (Lipinski definition) is 1. The van der Waals surface area contributed by atoms with Crippen molar-refractivity contribution in [3.63, 3.8) is 0 Å². The summed E-state index contributed by atoms with van der Waals surface area (Å²) in [6, 6.07) is 1.34. The Bertz CT molecular complexity index is 131. The molecule has 0 aromatic rings. The fourth-order valence-electron chi connectivity index (χ4n) is 2.61. The molecule has 1 fully saturated rings. The van der Waals surface area contributed by atoms with E-state index in [0.29, 0.717) is 12.1 Å². The number of rotatable bonds is 2. The topological polar surface area (TPSA) is 9.23 Å². The molecule has 0 N–H and O–H groups in total. The first-order valence-corrected chi connectivity index (χ1v) is 5.11. The third-order valence-electron chi connectivity index (χ3n) is 3.65. The van der Waals surface area contributed by atoms with Crippen molar-refractivity contribution in [2.45, 2.75) is 39.8 Å². The maximum Gasteiger partial charge on any atom is 0.110 e. The van der Waals surface area contributed by atoms with E-state index in [9.17, 15) is 0 Å². The molecule has 2 nitrogen and oxygen atoms in total. The van der Waals surface area contributed by atoms with Crippen LogP contribution in [0.25, 0.3) is 0 Å². The second kappa shape index (κ2) is 3.75. The second-order valence-electron chi connectivity index (χ2n) is 3.97. The highest BCUT2D eigenvalue weighted by atomic mass is 16.5. The molecule has 0 aromatic heterocycles. The number of nitrogens with zero attached hydrogens (tertiary/aromatic N) is 1. The molecule has 72 valence electrons. The summed E-state index contributed by atoms with van der Waals surface area (Å²) in [5.74, 6) is 0. The second-order valence-corrected chi connectivity index (χ2v) is 3.97. The summed E-state index contributed by atoms with van der Waals surface area (Å²) in [7, 11) is 0. The number of quaternary nitrogens is 1. The molecule has 1 heterocycles. The van der Waals surface area contributed by atoms with Crippen LogP contribution < -0.4 is 0 Å². The molecule has 0 amide bonds. The summed E-state index contributed by atoms with van der Waals surface area (Å²) >= 11 is 0. The van der Waals surface area contributed by atoms with Crippen molar-refractivity contribution >= 4 is 0 Å². The van der Waals surface area contributed by atoms with E-state index < -0.39 is 0 Å². The molecule has 2 atom stereocenters. The molecule has 0 aromatic carbocycles. The Morgan fingerprint density at radius 3 is 1.75 bits per heavy atom. The molecule has 2 heteroatoms. The van der Waals surface area contributed by atoms with Gasteiger partial charge in [-0.3, -0.25) is 0 Å². The number of hydrogen-bond donors (Lipinski definition) is 0. The van der Waals surface area contributed by atoms with Gasteiger partial charge in [0.2, 0.25) is 0 Å². The van der Waals surface area contributed by atoms with E-state index in [1.54, 1.807) is 0 Å². The first-order valence-electron chi connectivity index (χ1n) is 5.11. The molecule has 0 aliphatic carbocycles. The van der Waals surface area contributed by atoms with E-state index in [0.717, 1.165) is 13.2 Å². The summed E-state index contributed by atoms with van der Waals surface area (Å²) in [6.07, 6.45) is 0. The van der Waals surface area contributed by atoms with Gasteiger partial charge < -0.3 is 9.22 Å². The first kappa shape index (κ1) is 10.0. The lowest BCUT2D eigenvalue weighted by Crippen LogP contribution is -2.65. The Kier molecular flexibility index (Phi) is 3.13. The van der Waals surface area contributed by atoms with Crippen molar-refractivity contribution < 1.29 is 9.22 Å². The highest BCUT2D eigenvalue weighted by molar-refractivity contribution is 4.64. The highest BCUT2D eigenvalue weighted by Gasteiger charge is 2.39. The summed E-state index contributed by atoms with van der Waals surface area (Å²) in [6.45, 7) is 13.6. The van der Waals surface area contributed by atoms with Crippen LogP contribution in [0.5, 0.6) is 0 Å². The normalized spacial score (nSPS) is 35.0. The van der Waals surface area contributed by atoms with Crippen LogP contribution in [0.3, 0.4) is 0 Å². The SMILES string of the molecule is CC[N+]1(CC)C(C)COCC1C. The molecule has 1 saturated heterocycles. The lowest BCUT2D eigenvalue weighted by atomic mass is 10.1. The number of ether oxygens (including phenoxy) is 1. The first-order chi connectivity index (χ1) is 5.67. The minimum absolute atomic E-state index is 0.670. The van der Waals surface area contributed by atoms with Crippen LogP contribution in [0, 0.1) is 0 Å². The summed E-state index contributed by atoms with van der Waals surface area (Å²) in [5.41, 5.74) is 0. The van der Waals surface area contributed by atoms with Crippen molar-refractivity contribution in [2.24, 2.45) is 0 Å². The molecule has 12 heavy (non-hydrogen) atoms. The molecular formula is C10H22NO+. The fourth-order valence-corrected chi connectivity index (χ4v) is 2.61. The van der Waals surface area contributed by atoms with Gasteiger partial charge in [-0.15, -0.1) is 0 Å². The zero-order valence-electron chi connectivity index (χ0n) is 8.84. The maximum atomic E-state index is 5.54. The standard InChI is InChI=1S/C10H22NO/c1-5-11(6-2)9(3)7-12-8-10(11)4/h9-10H,5-8H2,1-4H3/q+1. The fraction of sp³-hybridized carbons (Fsp3) is 1.00. The zero-order chi connectivity index (χ0) is 9.19. The lowest BCUT2D eigenvalue weighted by molar-refractivity contribution is -0.974. The predicted octanol–water partition coefficient (Wildman–Crippen LogP) is 1.65. The Morgan fingerprint density at radius 2 is 1.50 bits per heavy atom. The van der Waals surface area contributed by atoms with E-state index in [4.69, 9.17) is 4.74 Å². The van der Waals surface area contributed by atoms with Gasteiger partial charge in [-0.05, 0) is 27.7 Å². The van der Waals surface area contributed by atoms with E-state index in [1.165, 1.54) is 17.6 Å². The van der Waals surface area contributed by atoms with Crippen LogP contribution in [0.4, 0.5) is 0 Å². The molecule has 0 radical (unpaired) electrons. The van der Waals surface area contributed by atoms with Crippen LogP contribution in [-0.4, -0.2) is 42.9 Å². The van der Waals surface area contributed by atoms with E-state index in [2.05, 4.69) is 27.7 Å². The monoisotopic (exact) mass is 172 g/mol. The minimum atomic E-state index is 0.670.